The van der Waals surface area contributed by atoms with Gasteiger partial charge in [0, 0.05) is 13.1 Å². The molecule has 6 nitrogen and oxygen atoms in total. The van der Waals surface area contributed by atoms with Gasteiger partial charge in [0.15, 0.2) is 0 Å². The molecule has 2 amide bonds. The summed E-state index contributed by atoms with van der Waals surface area (Å²) in [6.45, 7) is 8.75. The maximum absolute atomic E-state index is 13.3. The van der Waals surface area contributed by atoms with Crippen molar-refractivity contribution in [1.29, 1.82) is 0 Å². The van der Waals surface area contributed by atoms with E-state index in [0.29, 0.717) is 37.6 Å². The van der Waals surface area contributed by atoms with Gasteiger partial charge in [0.1, 0.15) is 18.1 Å². The molecular weight excluding hydrogens is 392 g/mol. The number of hydrogen-bond acceptors (Lipinski definition) is 5. The summed E-state index contributed by atoms with van der Waals surface area (Å²) in [5, 5.41) is 0. The average molecular weight is 421 g/mol. The molecule has 0 N–H and O–H groups in total. The minimum absolute atomic E-state index is 0.202. The van der Waals surface area contributed by atoms with E-state index in [1.54, 1.807) is 0 Å². The number of carbonyl (C=O) groups is 2. The fourth-order valence-corrected chi connectivity index (χ4v) is 4.10. The van der Waals surface area contributed by atoms with Gasteiger partial charge in [-0.2, -0.15) is 0 Å². The van der Waals surface area contributed by atoms with Gasteiger partial charge >= 0.3 is 0 Å². The minimum Gasteiger partial charge on any atom is -0.492 e. The van der Waals surface area contributed by atoms with Crippen molar-refractivity contribution in [1.82, 2.24) is 9.80 Å². The van der Waals surface area contributed by atoms with Gasteiger partial charge in [-0.1, -0.05) is 35.9 Å². The maximum atomic E-state index is 13.3. The van der Waals surface area contributed by atoms with Crippen LogP contribution in [-0.2, 0) is 14.3 Å². The molecule has 0 aromatic heterocycles. The lowest BCUT2D eigenvalue weighted by atomic mass is 10.0. The molecule has 2 aliphatic rings. The molecule has 162 valence electrons. The smallest absolute Gasteiger partial charge is 0.277 e. The Morgan fingerprint density at radius 2 is 1.52 bits per heavy atom. The Kier molecular flexibility index (Phi) is 6.09. The van der Waals surface area contributed by atoms with Crippen LogP contribution in [0.2, 0.25) is 0 Å². The summed E-state index contributed by atoms with van der Waals surface area (Å²) in [6, 6.07) is 13.7. The molecular formula is C25H28N2O4. The molecule has 2 aromatic carbocycles. The first-order valence-corrected chi connectivity index (χ1v) is 10.7. The predicted molar refractivity (Wildman–Crippen MR) is 119 cm³/mol. The SMILES string of the molecule is Cc1ccc(C2=C(N3CCOCC3)C(=O)N(CCOc3cc(C)cc(C)c3)C2=O)cc1. The van der Waals surface area contributed by atoms with E-state index in [1.807, 2.05) is 62.1 Å². The van der Waals surface area contributed by atoms with E-state index in [2.05, 4.69) is 6.07 Å². The lowest BCUT2D eigenvalue weighted by Gasteiger charge is -2.29. The Labute approximate surface area is 183 Å². The number of ether oxygens (including phenoxy) is 2. The number of imide groups is 1. The average Bonchev–Trinajstić information content (AvgIpc) is 2.99. The van der Waals surface area contributed by atoms with E-state index in [1.165, 1.54) is 4.90 Å². The number of hydrogen-bond donors (Lipinski definition) is 0. The van der Waals surface area contributed by atoms with E-state index in [4.69, 9.17) is 9.47 Å². The molecule has 0 aliphatic carbocycles. The first-order chi connectivity index (χ1) is 14.9. The van der Waals surface area contributed by atoms with E-state index in [-0.39, 0.29) is 25.0 Å². The molecule has 0 radical (unpaired) electrons. The third kappa shape index (κ3) is 4.49. The van der Waals surface area contributed by atoms with Gasteiger partial charge in [-0.3, -0.25) is 14.5 Å². The molecule has 4 rings (SSSR count). The van der Waals surface area contributed by atoms with Gasteiger partial charge in [0.2, 0.25) is 0 Å². The minimum atomic E-state index is -0.264. The van der Waals surface area contributed by atoms with E-state index < -0.39 is 0 Å². The number of morpholine rings is 1. The predicted octanol–water partition coefficient (Wildman–Crippen LogP) is 3.10. The summed E-state index contributed by atoms with van der Waals surface area (Å²) in [7, 11) is 0. The molecule has 1 saturated heterocycles. The van der Waals surface area contributed by atoms with Gasteiger partial charge in [0.05, 0.1) is 25.3 Å². The van der Waals surface area contributed by atoms with Gasteiger partial charge < -0.3 is 14.4 Å². The Morgan fingerprint density at radius 1 is 0.871 bits per heavy atom. The Balaban J connectivity index is 1.56. The second-order valence-corrected chi connectivity index (χ2v) is 8.12. The number of nitrogens with zero attached hydrogens (tertiary/aromatic N) is 2. The highest BCUT2D eigenvalue weighted by Gasteiger charge is 2.41. The molecule has 0 unspecified atom stereocenters. The molecule has 0 saturated carbocycles. The number of aryl methyl sites for hydroxylation is 3. The second kappa shape index (κ2) is 8.94. The lowest BCUT2D eigenvalue weighted by Crippen LogP contribution is -2.41. The van der Waals surface area contributed by atoms with Crippen molar-refractivity contribution >= 4 is 17.4 Å². The van der Waals surface area contributed by atoms with Crippen LogP contribution in [-0.4, -0.2) is 61.1 Å². The van der Waals surface area contributed by atoms with Crippen molar-refractivity contribution in [2.24, 2.45) is 0 Å². The van der Waals surface area contributed by atoms with Gasteiger partial charge in [0.25, 0.3) is 11.8 Å². The first-order valence-electron chi connectivity index (χ1n) is 10.7. The highest BCUT2D eigenvalue weighted by atomic mass is 16.5. The highest BCUT2D eigenvalue weighted by Crippen LogP contribution is 2.32. The van der Waals surface area contributed by atoms with E-state index >= 15 is 0 Å². The highest BCUT2D eigenvalue weighted by molar-refractivity contribution is 6.35. The van der Waals surface area contributed by atoms with Crippen LogP contribution in [0, 0.1) is 20.8 Å². The van der Waals surface area contributed by atoms with Crippen molar-refractivity contribution in [3.05, 3.63) is 70.4 Å². The second-order valence-electron chi connectivity index (χ2n) is 8.12. The van der Waals surface area contributed by atoms with Gasteiger partial charge in [-0.15, -0.1) is 0 Å². The van der Waals surface area contributed by atoms with Crippen molar-refractivity contribution in [3.63, 3.8) is 0 Å². The maximum Gasteiger partial charge on any atom is 0.277 e. The zero-order valence-corrected chi connectivity index (χ0v) is 18.3. The van der Waals surface area contributed by atoms with Crippen LogP contribution >= 0.6 is 0 Å². The molecule has 0 atom stereocenters. The van der Waals surface area contributed by atoms with Crippen LogP contribution < -0.4 is 4.74 Å². The van der Waals surface area contributed by atoms with E-state index in [9.17, 15) is 9.59 Å². The number of carbonyl (C=O) groups excluding carboxylic acids is 2. The zero-order chi connectivity index (χ0) is 22.0. The van der Waals surface area contributed by atoms with Crippen molar-refractivity contribution in [2.45, 2.75) is 20.8 Å². The largest absolute Gasteiger partial charge is 0.492 e. The molecule has 2 heterocycles. The summed E-state index contributed by atoms with van der Waals surface area (Å²) in [6.07, 6.45) is 0. The monoisotopic (exact) mass is 420 g/mol. The van der Waals surface area contributed by atoms with Crippen LogP contribution in [0.25, 0.3) is 5.57 Å². The zero-order valence-electron chi connectivity index (χ0n) is 18.3. The topological polar surface area (TPSA) is 59.1 Å². The number of benzene rings is 2. The van der Waals surface area contributed by atoms with Crippen LogP contribution in [0.5, 0.6) is 5.75 Å². The Hall–Kier alpha value is -3.12. The van der Waals surface area contributed by atoms with Crippen LogP contribution in [0.4, 0.5) is 0 Å². The molecule has 6 heteroatoms. The normalized spacial score (nSPS) is 17.0. The summed E-state index contributed by atoms with van der Waals surface area (Å²) in [5.41, 5.74) is 5.04. The van der Waals surface area contributed by atoms with Crippen molar-refractivity contribution < 1.29 is 19.1 Å². The number of amides is 2. The molecule has 0 bridgehead atoms. The van der Waals surface area contributed by atoms with Gasteiger partial charge in [-0.05, 0) is 49.6 Å². The van der Waals surface area contributed by atoms with Crippen LogP contribution in [0.1, 0.15) is 22.3 Å². The molecule has 0 spiro atoms. The third-order valence-corrected chi connectivity index (χ3v) is 5.59. The first kappa shape index (κ1) is 21.1. The third-order valence-electron chi connectivity index (χ3n) is 5.59. The summed E-state index contributed by atoms with van der Waals surface area (Å²) >= 11 is 0. The molecule has 2 aromatic rings. The standard InChI is InChI=1S/C25H28N2O4/c1-17-4-6-20(7-5-17)22-23(26-8-11-30-12-9-26)25(29)27(24(22)28)10-13-31-21-15-18(2)14-19(3)16-21/h4-7,14-16H,8-13H2,1-3H3. The summed E-state index contributed by atoms with van der Waals surface area (Å²) < 4.78 is 11.3. The van der Waals surface area contributed by atoms with E-state index in [0.717, 1.165) is 28.0 Å². The molecule has 1 fully saturated rings. The van der Waals surface area contributed by atoms with Gasteiger partial charge in [-0.25, -0.2) is 0 Å². The van der Waals surface area contributed by atoms with Crippen molar-refractivity contribution in [2.75, 3.05) is 39.5 Å². The van der Waals surface area contributed by atoms with Crippen molar-refractivity contribution in [3.8, 4) is 5.75 Å². The van der Waals surface area contributed by atoms with Crippen LogP contribution in [0.15, 0.2) is 48.2 Å². The molecule has 2 aliphatic heterocycles. The quantitative estimate of drug-likeness (QED) is 0.672. The Morgan fingerprint density at radius 3 is 2.16 bits per heavy atom. The lowest BCUT2D eigenvalue weighted by molar-refractivity contribution is -0.138. The Bertz CT molecular complexity index is 1000. The molecule has 31 heavy (non-hydrogen) atoms. The fraction of sp³-hybridized carbons (Fsp3) is 0.360. The summed E-state index contributed by atoms with van der Waals surface area (Å²) in [5.74, 6) is 0.225. The number of rotatable bonds is 6. The fourth-order valence-electron chi connectivity index (χ4n) is 4.10. The summed E-state index contributed by atoms with van der Waals surface area (Å²) in [4.78, 5) is 29.9. The van der Waals surface area contributed by atoms with Crippen LogP contribution in [0.3, 0.4) is 0 Å².